The van der Waals surface area contributed by atoms with Crippen molar-refractivity contribution >= 4 is 53.1 Å². The predicted molar refractivity (Wildman–Crippen MR) is 197 cm³/mol. The van der Waals surface area contributed by atoms with Crippen LogP contribution >= 0.6 is 11.3 Å². The molecule has 0 saturated heterocycles. The number of hydrogen-bond donors (Lipinski definition) is 0. The Hall–Kier alpha value is -6.80. The molecule has 0 unspecified atom stereocenters. The summed E-state index contributed by atoms with van der Waals surface area (Å²) in [6.07, 6.45) is 3.29. The van der Waals surface area contributed by atoms with E-state index in [1.165, 1.54) is 20.2 Å². The van der Waals surface area contributed by atoms with Crippen molar-refractivity contribution < 1.29 is 0 Å². The van der Waals surface area contributed by atoms with Crippen molar-refractivity contribution in [1.29, 1.82) is 10.5 Å². The summed E-state index contributed by atoms with van der Waals surface area (Å²) in [4.78, 5) is 18.7. The van der Waals surface area contributed by atoms with E-state index in [-0.39, 0.29) is 0 Å². The molecule has 9 rings (SSSR count). The van der Waals surface area contributed by atoms with Crippen molar-refractivity contribution in [3.8, 4) is 57.2 Å². The molecule has 0 spiro atoms. The highest BCUT2D eigenvalue weighted by Crippen LogP contribution is 2.46. The molecule has 226 valence electrons. The highest BCUT2D eigenvalue weighted by molar-refractivity contribution is 7.25. The van der Waals surface area contributed by atoms with E-state index in [0.717, 1.165) is 66.6 Å². The number of hydrogen-bond acceptors (Lipinski definition) is 7. The van der Waals surface area contributed by atoms with Crippen LogP contribution in [0.25, 0.3) is 86.7 Å². The molecule has 0 saturated carbocycles. The average molecular weight is 643 g/mol. The van der Waals surface area contributed by atoms with Crippen molar-refractivity contribution in [2.24, 2.45) is 0 Å². The first-order chi connectivity index (χ1) is 24.2. The molecule has 0 aliphatic carbocycles. The second kappa shape index (κ2) is 11.5. The van der Waals surface area contributed by atoms with Gasteiger partial charge >= 0.3 is 0 Å². The Kier molecular flexibility index (Phi) is 6.65. The fraction of sp³-hybridized carbons (Fsp3) is 0. The molecule has 5 aromatic heterocycles. The molecule has 0 atom stereocenters. The van der Waals surface area contributed by atoms with Gasteiger partial charge in [-0.2, -0.15) is 10.5 Å². The highest BCUT2D eigenvalue weighted by Gasteiger charge is 2.21. The van der Waals surface area contributed by atoms with E-state index in [1.54, 1.807) is 35.9 Å². The van der Waals surface area contributed by atoms with Gasteiger partial charge in [-0.1, -0.05) is 54.6 Å². The van der Waals surface area contributed by atoms with Gasteiger partial charge in [-0.3, -0.25) is 0 Å². The van der Waals surface area contributed by atoms with E-state index >= 15 is 0 Å². The summed E-state index contributed by atoms with van der Waals surface area (Å²) >= 11 is 1.79. The molecule has 0 amide bonds. The van der Waals surface area contributed by atoms with Crippen LogP contribution in [-0.4, -0.2) is 19.9 Å². The Morgan fingerprint density at radius 1 is 0.429 bits per heavy atom. The summed E-state index contributed by atoms with van der Waals surface area (Å²) in [5, 5.41) is 25.7. The number of nitrogens with zero attached hydrogens (tertiary/aromatic N) is 6. The molecule has 0 aliphatic rings. The molecular weight excluding hydrogens is 621 g/mol. The Balaban J connectivity index is 1.38. The second-order valence-corrected chi connectivity index (χ2v) is 12.8. The van der Waals surface area contributed by atoms with Crippen LogP contribution in [-0.2, 0) is 0 Å². The van der Waals surface area contributed by atoms with E-state index in [9.17, 15) is 10.5 Å². The molecule has 0 aliphatic heterocycles. The van der Waals surface area contributed by atoms with Gasteiger partial charge in [0.15, 0.2) is 0 Å². The topological polar surface area (TPSA) is 99.1 Å². The summed E-state index contributed by atoms with van der Waals surface area (Å²) in [7, 11) is 0. The van der Waals surface area contributed by atoms with Crippen LogP contribution < -0.4 is 0 Å². The fourth-order valence-corrected chi connectivity index (χ4v) is 7.84. The molecule has 7 heteroatoms. The molecule has 49 heavy (non-hydrogen) atoms. The van der Waals surface area contributed by atoms with Crippen LogP contribution in [0, 0.1) is 22.7 Å². The SMILES string of the molecule is N#Cc1cc(-c2cccc(-c3c4ccccc4c(-c4cccc(-c5ccnc(C#N)c5)n4)c4cc5c(cc34)sc3ccccc35)n2)ccn1. The smallest absolute Gasteiger partial charge is 0.141 e. The quantitative estimate of drug-likeness (QED) is 0.177. The fourth-order valence-electron chi connectivity index (χ4n) is 6.72. The van der Waals surface area contributed by atoms with Crippen molar-refractivity contribution in [2.75, 3.05) is 0 Å². The molecular formula is C42H22N6S. The number of benzene rings is 4. The molecule has 5 heterocycles. The first kappa shape index (κ1) is 28.4. The normalized spacial score (nSPS) is 11.2. The first-order valence-electron chi connectivity index (χ1n) is 15.7. The summed E-state index contributed by atoms with van der Waals surface area (Å²) in [6.45, 7) is 0. The lowest BCUT2D eigenvalue weighted by molar-refractivity contribution is 1.25. The van der Waals surface area contributed by atoms with Gasteiger partial charge < -0.3 is 0 Å². The van der Waals surface area contributed by atoms with Crippen LogP contribution in [0.5, 0.6) is 0 Å². The Bertz CT molecular complexity index is 2880. The minimum atomic E-state index is 0.349. The van der Waals surface area contributed by atoms with E-state index in [1.807, 2.05) is 36.4 Å². The maximum Gasteiger partial charge on any atom is 0.141 e. The van der Waals surface area contributed by atoms with Crippen molar-refractivity contribution in [3.63, 3.8) is 0 Å². The molecule has 4 aromatic carbocycles. The van der Waals surface area contributed by atoms with Crippen LogP contribution in [0.4, 0.5) is 0 Å². The van der Waals surface area contributed by atoms with E-state index in [2.05, 4.69) is 94.9 Å². The molecule has 0 bridgehead atoms. The maximum atomic E-state index is 9.49. The molecule has 9 aromatic rings. The number of aromatic nitrogens is 4. The number of fused-ring (bicyclic) bond motifs is 5. The van der Waals surface area contributed by atoms with Crippen molar-refractivity contribution in [2.45, 2.75) is 0 Å². The zero-order valence-electron chi connectivity index (χ0n) is 25.8. The van der Waals surface area contributed by atoms with Crippen LogP contribution in [0.15, 0.2) is 134 Å². The average Bonchev–Trinajstić information content (AvgIpc) is 3.53. The summed E-state index contributed by atoms with van der Waals surface area (Å²) in [5.41, 5.74) is 7.65. The zero-order valence-corrected chi connectivity index (χ0v) is 26.6. The van der Waals surface area contributed by atoms with E-state index in [0.29, 0.717) is 11.4 Å². The second-order valence-electron chi connectivity index (χ2n) is 11.7. The third kappa shape index (κ3) is 4.77. The number of pyridine rings is 4. The van der Waals surface area contributed by atoms with Gasteiger partial charge in [0.25, 0.3) is 0 Å². The first-order valence-corrected chi connectivity index (χ1v) is 16.5. The largest absolute Gasteiger partial charge is 0.248 e. The molecule has 0 N–H and O–H groups in total. The Morgan fingerprint density at radius 3 is 1.51 bits per heavy atom. The third-order valence-electron chi connectivity index (χ3n) is 8.87. The van der Waals surface area contributed by atoms with Gasteiger partial charge in [0.2, 0.25) is 0 Å². The summed E-state index contributed by atoms with van der Waals surface area (Å²) < 4.78 is 2.43. The molecule has 6 nitrogen and oxygen atoms in total. The number of rotatable bonds is 4. The van der Waals surface area contributed by atoms with Crippen LogP contribution in [0.2, 0.25) is 0 Å². The minimum Gasteiger partial charge on any atom is -0.248 e. The third-order valence-corrected chi connectivity index (χ3v) is 10.0. The van der Waals surface area contributed by atoms with E-state index in [4.69, 9.17) is 9.97 Å². The minimum absolute atomic E-state index is 0.349. The number of thiophene rings is 1. The lowest BCUT2D eigenvalue weighted by atomic mass is 9.87. The molecule has 0 radical (unpaired) electrons. The summed E-state index contributed by atoms with van der Waals surface area (Å²) in [6, 6.07) is 45.3. The van der Waals surface area contributed by atoms with Gasteiger partial charge in [-0.15, -0.1) is 11.3 Å². The van der Waals surface area contributed by atoms with Crippen LogP contribution in [0.1, 0.15) is 11.4 Å². The van der Waals surface area contributed by atoms with Gasteiger partial charge in [-0.25, -0.2) is 19.9 Å². The van der Waals surface area contributed by atoms with Gasteiger partial charge in [0, 0.05) is 54.8 Å². The predicted octanol–water partition coefficient (Wildman–Crippen LogP) is 10.4. The summed E-state index contributed by atoms with van der Waals surface area (Å²) in [5.74, 6) is 0. The van der Waals surface area contributed by atoms with Gasteiger partial charge in [-0.05, 0) is 88.3 Å². The van der Waals surface area contributed by atoms with Crippen molar-refractivity contribution in [1.82, 2.24) is 19.9 Å². The lowest BCUT2D eigenvalue weighted by Crippen LogP contribution is -1.96. The van der Waals surface area contributed by atoms with Crippen molar-refractivity contribution in [3.05, 3.63) is 145 Å². The van der Waals surface area contributed by atoms with Crippen LogP contribution in [0.3, 0.4) is 0 Å². The molecule has 0 fully saturated rings. The Labute approximate surface area is 284 Å². The highest BCUT2D eigenvalue weighted by atomic mass is 32.1. The van der Waals surface area contributed by atoms with E-state index < -0.39 is 0 Å². The van der Waals surface area contributed by atoms with Gasteiger partial charge in [0.05, 0.1) is 22.8 Å². The maximum absolute atomic E-state index is 9.49. The Morgan fingerprint density at radius 2 is 0.939 bits per heavy atom. The number of nitriles is 2. The standard InChI is InChI=1S/C42H22N6S/c43-23-27-19-25(15-17-45-27)35-10-5-12-37(47-35)41-30-8-1-2-9-31(30)42(38-13-6-11-36(48-38)26-16-18-46-28(20-26)24-44)34-22-40-32(21-33(34)41)29-7-3-4-14-39(29)49-40/h1-22H. The monoisotopic (exact) mass is 642 g/mol. The lowest BCUT2D eigenvalue weighted by Gasteiger charge is -2.18. The van der Waals surface area contributed by atoms with Gasteiger partial charge in [0.1, 0.15) is 23.5 Å². The zero-order chi connectivity index (χ0) is 32.9.